The molecule has 1 fully saturated rings. The van der Waals surface area contributed by atoms with Gasteiger partial charge in [-0.3, -0.25) is 6.08 Å². The van der Waals surface area contributed by atoms with Crippen molar-refractivity contribution in [3.63, 3.8) is 0 Å². The fraction of sp³-hybridized carbons (Fsp3) is 0.350. The van der Waals surface area contributed by atoms with Crippen molar-refractivity contribution in [1.82, 2.24) is 0 Å². The third-order valence-electron chi connectivity index (χ3n) is 4.43. The summed E-state index contributed by atoms with van der Waals surface area (Å²) in [6.07, 6.45) is 12.8. The van der Waals surface area contributed by atoms with E-state index in [9.17, 15) is 0 Å². The molecular formula is C20H22Cl2Hf. The quantitative estimate of drug-likeness (QED) is 0.361. The number of fused-ring (bicyclic) bond motifs is 1. The summed E-state index contributed by atoms with van der Waals surface area (Å²) in [7, 11) is 0. The van der Waals surface area contributed by atoms with Gasteiger partial charge in [-0.05, 0) is 5.92 Å². The predicted molar refractivity (Wildman–Crippen MR) is 85.5 cm³/mol. The molecule has 0 bridgehead atoms. The molecule has 0 saturated heterocycles. The number of halogens is 2. The van der Waals surface area contributed by atoms with Crippen LogP contribution < -0.4 is 24.8 Å². The summed E-state index contributed by atoms with van der Waals surface area (Å²) in [5, 5.41) is 0. The van der Waals surface area contributed by atoms with Crippen LogP contribution in [0, 0.1) is 12.0 Å². The Labute approximate surface area is 171 Å². The molecule has 0 heterocycles. The molecule has 2 aromatic rings. The number of hydrogen-bond donors (Lipinski definition) is 0. The minimum Gasteiger partial charge on any atom is -1.00 e. The van der Waals surface area contributed by atoms with E-state index in [1.54, 1.807) is 0 Å². The van der Waals surface area contributed by atoms with Crippen molar-refractivity contribution in [3.05, 3.63) is 71.8 Å². The second-order valence-corrected chi connectivity index (χ2v) is 5.78. The second kappa shape index (κ2) is 12.2. The van der Waals surface area contributed by atoms with Crippen LogP contribution in [0.5, 0.6) is 0 Å². The van der Waals surface area contributed by atoms with Crippen LogP contribution in [0.4, 0.5) is 0 Å². The molecule has 0 N–H and O–H groups in total. The maximum absolute atomic E-state index is 3.57. The Kier molecular flexibility index (Phi) is 12.0. The molecule has 3 heteroatoms. The molecule has 0 spiro atoms. The normalized spacial score (nSPS) is 18.3. The van der Waals surface area contributed by atoms with Crippen LogP contribution >= 0.6 is 0 Å². The molecule has 0 amide bonds. The summed E-state index contributed by atoms with van der Waals surface area (Å²) in [6, 6.07) is 18.8. The Balaban J connectivity index is 0.000000529. The number of rotatable bonds is 1. The summed E-state index contributed by atoms with van der Waals surface area (Å²) >= 11 is 0. The Morgan fingerprint density at radius 2 is 1.52 bits per heavy atom. The van der Waals surface area contributed by atoms with Crippen molar-refractivity contribution in [3.8, 4) is 0 Å². The molecule has 0 radical (unpaired) electrons. The second-order valence-electron chi connectivity index (χ2n) is 5.78. The van der Waals surface area contributed by atoms with Crippen LogP contribution in [-0.4, -0.2) is 0 Å². The zero-order valence-electron chi connectivity index (χ0n) is 13.2. The van der Waals surface area contributed by atoms with Gasteiger partial charge >= 0.3 is 25.8 Å². The van der Waals surface area contributed by atoms with Gasteiger partial charge < -0.3 is 24.8 Å². The summed E-state index contributed by atoms with van der Waals surface area (Å²) in [4.78, 5) is 0. The summed E-state index contributed by atoms with van der Waals surface area (Å²) in [5.41, 5.74) is 2.91. The standard InChI is InChI=1S/C15H17.C5H5.2ClH.Hf/c1-2-6-12(7-3-1)15-11-10-13-8-4-5-9-14(13)15;1-2-4-5-3-1;;;/h4-5,8-10,12,15H,1-3,6-7H2;1-5H;2*1H;/q2*-1;;;+4/p-2. The van der Waals surface area contributed by atoms with Crippen molar-refractivity contribution < 1.29 is 50.7 Å². The van der Waals surface area contributed by atoms with Crippen molar-refractivity contribution >= 4 is 6.08 Å². The number of benzene rings is 1. The van der Waals surface area contributed by atoms with Crippen molar-refractivity contribution in [2.45, 2.75) is 38.0 Å². The predicted octanol–water partition coefficient (Wildman–Crippen LogP) is -0.409. The zero-order chi connectivity index (χ0) is 13.6. The molecule has 120 valence electrons. The van der Waals surface area contributed by atoms with E-state index in [1.165, 1.54) is 43.2 Å². The number of allylic oxidation sites excluding steroid dienone is 1. The van der Waals surface area contributed by atoms with Gasteiger partial charge in [0.2, 0.25) is 0 Å². The van der Waals surface area contributed by atoms with Gasteiger partial charge in [0, 0.05) is 0 Å². The van der Waals surface area contributed by atoms with Gasteiger partial charge in [0.25, 0.3) is 0 Å². The Morgan fingerprint density at radius 1 is 0.870 bits per heavy atom. The van der Waals surface area contributed by atoms with Crippen molar-refractivity contribution in [2.75, 3.05) is 0 Å². The van der Waals surface area contributed by atoms with E-state index in [0.29, 0.717) is 5.92 Å². The summed E-state index contributed by atoms with van der Waals surface area (Å²) in [5.74, 6) is 1.46. The molecule has 0 aliphatic heterocycles. The first kappa shape index (κ1) is 22.8. The van der Waals surface area contributed by atoms with Gasteiger partial charge in [-0.2, -0.15) is 23.8 Å². The SMILES string of the molecule is [C-]1=Cc2ccccc2C1C1CCCCC1.[Cl-].[Cl-].[Hf+4].c1cc[cH-]c1. The molecule has 1 atom stereocenters. The van der Waals surface area contributed by atoms with E-state index in [2.05, 4.69) is 36.4 Å². The molecule has 2 aromatic carbocycles. The smallest absolute Gasteiger partial charge is 1.00 e. The number of hydrogen-bond acceptors (Lipinski definition) is 0. The molecule has 0 aromatic heterocycles. The van der Waals surface area contributed by atoms with Gasteiger partial charge in [0.15, 0.2) is 0 Å². The largest absolute Gasteiger partial charge is 4.00 e. The third kappa shape index (κ3) is 6.29. The van der Waals surface area contributed by atoms with E-state index in [4.69, 9.17) is 0 Å². The van der Waals surface area contributed by atoms with Crippen LogP contribution in [0.2, 0.25) is 0 Å². The van der Waals surface area contributed by atoms with Crippen molar-refractivity contribution in [1.29, 1.82) is 0 Å². The molecule has 1 unspecified atom stereocenters. The summed E-state index contributed by atoms with van der Waals surface area (Å²) < 4.78 is 0. The monoisotopic (exact) mass is 512 g/mol. The van der Waals surface area contributed by atoms with Gasteiger partial charge in [0.05, 0.1) is 0 Å². The Bertz CT molecular complexity index is 525. The fourth-order valence-electron chi connectivity index (χ4n) is 3.37. The van der Waals surface area contributed by atoms with Crippen LogP contribution in [0.25, 0.3) is 6.08 Å². The zero-order valence-corrected chi connectivity index (χ0v) is 18.3. The first-order valence-corrected chi connectivity index (χ1v) is 7.80. The van der Waals surface area contributed by atoms with E-state index < -0.39 is 0 Å². The average Bonchev–Trinajstić information content (AvgIpc) is 3.21. The van der Waals surface area contributed by atoms with E-state index in [-0.39, 0.29) is 50.7 Å². The molecule has 23 heavy (non-hydrogen) atoms. The maximum atomic E-state index is 3.57. The van der Waals surface area contributed by atoms with E-state index in [1.807, 2.05) is 30.3 Å². The maximum Gasteiger partial charge on any atom is 4.00 e. The molecule has 2 aliphatic rings. The minimum atomic E-state index is 0. The van der Waals surface area contributed by atoms with Gasteiger partial charge in [-0.1, -0.05) is 56.2 Å². The van der Waals surface area contributed by atoms with Crippen LogP contribution in [0.15, 0.2) is 54.6 Å². The first-order valence-electron chi connectivity index (χ1n) is 7.80. The molecule has 4 rings (SSSR count). The summed E-state index contributed by atoms with van der Waals surface area (Å²) in [6.45, 7) is 0. The fourth-order valence-corrected chi connectivity index (χ4v) is 3.37. The van der Waals surface area contributed by atoms with E-state index >= 15 is 0 Å². The van der Waals surface area contributed by atoms with Gasteiger partial charge in [-0.15, -0.1) is 11.6 Å². The average molecular weight is 512 g/mol. The third-order valence-corrected chi connectivity index (χ3v) is 4.43. The topological polar surface area (TPSA) is 0 Å². The Morgan fingerprint density at radius 3 is 2.13 bits per heavy atom. The molecule has 0 nitrogen and oxygen atoms in total. The molecule has 1 saturated carbocycles. The Hall–Kier alpha value is -0.240. The van der Waals surface area contributed by atoms with Crippen LogP contribution in [0.3, 0.4) is 0 Å². The van der Waals surface area contributed by atoms with Gasteiger partial charge in [0.1, 0.15) is 0 Å². The molecular weight excluding hydrogens is 490 g/mol. The minimum absolute atomic E-state index is 0. The van der Waals surface area contributed by atoms with Gasteiger partial charge in [-0.25, -0.2) is 18.2 Å². The van der Waals surface area contributed by atoms with Crippen molar-refractivity contribution in [2.24, 2.45) is 5.92 Å². The first-order chi connectivity index (χ1) is 9.95. The van der Waals surface area contributed by atoms with E-state index in [0.717, 1.165) is 5.92 Å². The van der Waals surface area contributed by atoms with Crippen LogP contribution in [-0.2, 0) is 25.8 Å². The molecule has 2 aliphatic carbocycles. The van der Waals surface area contributed by atoms with Crippen LogP contribution in [0.1, 0.15) is 49.1 Å².